The van der Waals surface area contributed by atoms with Gasteiger partial charge in [-0.15, -0.1) is 0 Å². The van der Waals surface area contributed by atoms with Crippen LogP contribution < -0.4 is 5.32 Å². The Hall–Kier alpha value is -1.31. The van der Waals surface area contributed by atoms with E-state index in [1.807, 2.05) is 6.20 Å². The van der Waals surface area contributed by atoms with Crippen molar-refractivity contribution in [3.05, 3.63) is 36.8 Å². The molecule has 14 heavy (non-hydrogen) atoms. The zero-order valence-electron chi connectivity index (χ0n) is 9.12. The van der Waals surface area contributed by atoms with Crippen molar-refractivity contribution in [3.8, 4) is 0 Å². The van der Waals surface area contributed by atoms with Crippen molar-refractivity contribution < 1.29 is 0 Å². The Morgan fingerprint density at radius 1 is 1.43 bits per heavy atom. The molecule has 0 aromatic carbocycles. The molecular weight excluding hydrogens is 172 g/mol. The Morgan fingerprint density at radius 3 is 2.79 bits per heavy atom. The average molecular weight is 190 g/mol. The monoisotopic (exact) mass is 190 g/mol. The first-order valence-corrected chi connectivity index (χ1v) is 4.98. The predicted molar refractivity (Wildman–Crippen MR) is 62.0 cm³/mol. The topological polar surface area (TPSA) is 24.4 Å². The second kappa shape index (κ2) is 4.80. The SMILES string of the molecule is C=C1/N=C(C(C)C)\C=C/C(C)/C=C\N1. The van der Waals surface area contributed by atoms with E-state index in [9.17, 15) is 0 Å². The van der Waals surface area contributed by atoms with E-state index < -0.39 is 0 Å². The third kappa shape index (κ3) is 3.21. The highest BCUT2D eigenvalue weighted by molar-refractivity contribution is 5.97. The molecule has 0 radical (unpaired) electrons. The second-order valence-corrected chi connectivity index (χ2v) is 3.86. The number of nitrogens with zero attached hydrogens (tertiary/aromatic N) is 1. The van der Waals surface area contributed by atoms with Gasteiger partial charge in [-0.25, -0.2) is 4.99 Å². The second-order valence-electron chi connectivity index (χ2n) is 3.86. The summed E-state index contributed by atoms with van der Waals surface area (Å²) in [6.45, 7) is 10.2. The predicted octanol–water partition coefficient (Wildman–Crippen LogP) is 2.86. The molecule has 1 aliphatic rings. The van der Waals surface area contributed by atoms with Gasteiger partial charge in [-0.2, -0.15) is 0 Å². The third-order valence-corrected chi connectivity index (χ3v) is 2.08. The first-order chi connectivity index (χ1) is 6.59. The summed E-state index contributed by atoms with van der Waals surface area (Å²) >= 11 is 0. The van der Waals surface area contributed by atoms with Gasteiger partial charge in [0.05, 0.1) is 0 Å². The molecule has 0 bridgehead atoms. The van der Waals surface area contributed by atoms with Crippen molar-refractivity contribution in [1.82, 2.24) is 5.32 Å². The molecule has 0 fully saturated rings. The summed E-state index contributed by atoms with van der Waals surface area (Å²) in [5, 5.41) is 3.04. The number of hydrogen-bond donors (Lipinski definition) is 1. The molecule has 2 heteroatoms. The van der Waals surface area contributed by atoms with E-state index in [4.69, 9.17) is 0 Å². The van der Waals surface area contributed by atoms with Crippen LogP contribution in [0.25, 0.3) is 0 Å². The molecule has 0 aliphatic carbocycles. The van der Waals surface area contributed by atoms with Gasteiger partial charge in [-0.3, -0.25) is 0 Å². The van der Waals surface area contributed by atoms with Gasteiger partial charge in [0.1, 0.15) is 5.82 Å². The fourth-order valence-corrected chi connectivity index (χ4v) is 1.16. The summed E-state index contributed by atoms with van der Waals surface area (Å²) < 4.78 is 0. The lowest BCUT2D eigenvalue weighted by Crippen LogP contribution is -2.08. The quantitative estimate of drug-likeness (QED) is 0.675. The van der Waals surface area contributed by atoms with Crippen molar-refractivity contribution in [2.24, 2.45) is 16.8 Å². The Balaban J connectivity index is 2.92. The molecule has 0 aromatic heterocycles. The van der Waals surface area contributed by atoms with Crippen molar-refractivity contribution in [2.75, 3.05) is 0 Å². The van der Waals surface area contributed by atoms with Gasteiger partial charge >= 0.3 is 0 Å². The third-order valence-electron chi connectivity index (χ3n) is 2.08. The van der Waals surface area contributed by atoms with Crippen molar-refractivity contribution in [1.29, 1.82) is 0 Å². The van der Waals surface area contributed by atoms with E-state index in [-0.39, 0.29) is 0 Å². The van der Waals surface area contributed by atoms with Crippen molar-refractivity contribution in [3.63, 3.8) is 0 Å². The Bertz CT molecular complexity index is 295. The lowest BCUT2D eigenvalue weighted by molar-refractivity contribution is 0.879. The van der Waals surface area contributed by atoms with Crippen molar-refractivity contribution >= 4 is 5.71 Å². The van der Waals surface area contributed by atoms with Crippen molar-refractivity contribution in [2.45, 2.75) is 20.8 Å². The zero-order valence-corrected chi connectivity index (χ0v) is 9.12. The van der Waals surface area contributed by atoms with Gasteiger partial charge in [0, 0.05) is 5.71 Å². The molecule has 1 unspecified atom stereocenters. The molecule has 0 amide bonds. The molecule has 1 heterocycles. The molecular formula is C12H18N2. The van der Waals surface area contributed by atoms with Crippen LogP contribution in [0.5, 0.6) is 0 Å². The molecule has 1 aliphatic heterocycles. The smallest absolute Gasteiger partial charge is 0.122 e. The van der Waals surface area contributed by atoms with Crippen LogP contribution in [0.2, 0.25) is 0 Å². The molecule has 0 saturated carbocycles. The van der Waals surface area contributed by atoms with Crippen LogP contribution >= 0.6 is 0 Å². The Kier molecular flexibility index (Phi) is 3.69. The van der Waals surface area contributed by atoms with Crippen LogP contribution in [0.3, 0.4) is 0 Å². The summed E-state index contributed by atoms with van der Waals surface area (Å²) in [4.78, 5) is 4.40. The zero-order chi connectivity index (χ0) is 10.6. The molecule has 0 saturated heterocycles. The summed E-state index contributed by atoms with van der Waals surface area (Å²) in [7, 11) is 0. The largest absolute Gasteiger partial charge is 0.347 e. The molecule has 1 rings (SSSR count). The highest BCUT2D eigenvalue weighted by atomic mass is 15.0. The van der Waals surface area contributed by atoms with Crippen LogP contribution in [0.1, 0.15) is 20.8 Å². The van der Waals surface area contributed by atoms with Gasteiger partial charge in [0.2, 0.25) is 0 Å². The first-order valence-electron chi connectivity index (χ1n) is 4.98. The first kappa shape index (κ1) is 10.8. The molecule has 2 nitrogen and oxygen atoms in total. The maximum atomic E-state index is 4.40. The fraction of sp³-hybridized carbons (Fsp3) is 0.417. The van der Waals surface area contributed by atoms with Crippen LogP contribution in [0.15, 0.2) is 41.8 Å². The summed E-state index contributed by atoms with van der Waals surface area (Å²) in [6.07, 6.45) is 8.21. The molecule has 1 N–H and O–H groups in total. The van der Waals surface area contributed by atoms with E-state index in [1.165, 1.54) is 0 Å². The number of hydrogen-bond acceptors (Lipinski definition) is 2. The summed E-state index contributed by atoms with van der Waals surface area (Å²) in [5.41, 5.74) is 1.07. The van der Waals surface area contributed by atoms with Crippen LogP contribution in [0.4, 0.5) is 0 Å². The Labute approximate surface area is 86.1 Å². The lowest BCUT2D eigenvalue weighted by Gasteiger charge is -2.06. The van der Waals surface area contributed by atoms with Gasteiger partial charge in [0.25, 0.3) is 0 Å². The molecule has 1 atom stereocenters. The number of aliphatic imine (C=N–C) groups is 1. The van der Waals surface area contributed by atoms with Gasteiger partial charge < -0.3 is 5.32 Å². The minimum absolute atomic E-state index is 0.426. The minimum atomic E-state index is 0.426. The van der Waals surface area contributed by atoms with E-state index in [0.717, 1.165) is 5.71 Å². The normalized spacial score (nSPS) is 30.7. The van der Waals surface area contributed by atoms with E-state index in [1.54, 1.807) is 0 Å². The van der Waals surface area contributed by atoms with Gasteiger partial charge in [-0.1, -0.05) is 39.5 Å². The number of rotatable bonds is 1. The highest BCUT2D eigenvalue weighted by Crippen LogP contribution is 2.07. The van der Waals surface area contributed by atoms with Gasteiger partial charge in [-0.05, 0) is 24.1 Å². The van der Waals surface area contributed by atoms with E-state index in [2.05, 4.69) is 55.9 Å². The van der Waals surface area contributed by atoms with Crippen LogP contribution in [0, 0.1) is 11.8 Å². The van der Waals surface area contributed by atoms with Crippen LogP contribution in [-0.2, 0) is 0 Å². The lowest BCUT2D eigenvalue weighted by atomic mass is 10.1. The van der Waals surface area contributed by atoms with E-state index >= 15 is 0 Å². The molecule has 0 aromatic rings. The van der Waals surface area contributed by atoms with E-state index in [0.29, 0.717) is 17.7 Å². The maximum absolute atomic E-state index is 4.40. The Morgan fingerprint density at radius 2 is 2.14 bits per heavy atom. The molecule has 76 valence electrons. The molecule has 0 spiro atoms. The van der Waals surface area contributed by atoms with Gasteiger partial charge in [0.15, 0.2) is 0 Å². The average Bonchev–Trinajstić information content (AvgIpc) is 2.17. The number of nitrogens with one attached hydrogen (secondary N) is 1. The maximum Gasteiger partial charge on any atom is 0.122 e. The standard InChI is InChI=1S/C12H18N2/c1-9(2)12-6-5-10(3)7-8-13-11(4)14-12/h5-10,13H,4H2,1-3H3/b6-5-,8-7-,14-12+. The highest BCUT2D eigenvalue weighted by Gasteiger charge is 2.03. The number of allylic oxidation sites excluding steroid dienone is 3. The fourth-order valence-electron chi connectivity index (χ4n) is 1.16. The summed E-state index contributed by atoms with van der Waals surface area (Å²) in [5.74, 6) is 1.55. The van der Waals surface area contributed by atoms with Crippen LogP contribution in [-0.4, -0.2) is 5.71 Å². The summed E-state index contributed by atoms with van der Waals surface area (Å²) in [6, 6.07) is 0. The minimum Gasteiger partial charge on any atom is -0.347 e.